The van der Waals surface area contributed by atoms with Crippen LogP contribution in [0.3, 0.4) is 0 Å². The fourth-order valence-electron chi connectivity index (χ4n) is 2.95. The van der Waals surface area contributed by atoms with Gasteiger partial charge in [0.15, 0.2) is 0 Å². The minimum atomic E-state index is -0.735. The molecule has 20 heavy (non-hydrogen) atoms. The van der Waals surface area contributed by atoms with Gasteiger partial charge in [0.05, 0.1) is 6.61 Å². The summed E-state index contributed by atoms with van der Waals surface area (Å²) in [6.45, 7) is 8.03. The van der Waals surface area contributed by atoms with Crippen molar-refractivity contribution in [2.24, 2.45) is 0 Å². The van der Waals surface area contributed by atoms with Crippen molar-refractivity contribution in [2.75, 3.05) is 0 Å². The van der Waals surface area contributed by atoms with E-state index in [2.05, 4.69) is 6.58 Å². The average molecular weight is 270 g/mol. The van der Waals surface area contributed by atoms with Crippen LogP contribution >= 0.6 is 0 Å². The summed E-state index contributed by atoms with van der Waals surface area (Å²) in [5.41, 5.74) is 3.49. The number of benzene rings is 2. The van der Waals surface area contributed by atoms with Crippen LogP contribution in [0.5, 0.6) is 5.75 Å². The summed E-state index contributed by atoms with van der Waals surface area (Å²) in [6, 6.07) is 7.61. The molecule has 2 aromatic rings. The molecule has 0 spiro atoms. The number of aliphatic hydroxyl groups excluding tert-OH is 1. The lowest BCUT2D eigenvalue weighted by Gasteiger charge is -2.31. The van der Waals surface area contributed by atoms with Crippen LogP contribution < -0.4 is 0 Å². The molecular weight excluding hydrogens is 252 g/mol. The zero-order valence-electron chi connectivity index (χ0n) is 11.7. The van der Waals surface area contributed by atoms with Crippen molar-refractivity contribution in [1.82, 2.24) is 0 Å². The van der Waals surface area contributed by atoms with Crippen molar-refractivity contribution in [2.45, 2.75) is 32.7 Å². The minimum Gasteiger partial charge on any atom is -0.507 e. The highest BCUT2D eigenvalue weighted by atomic mass is 16.5. The van der Waals surface area contributed by atoms with Gasteiger partial charge < -0.3 is 14.9 Å². The van der Waals surface area contributed by atoms with E-state index in [1.165, 1.54) is 0 Å². The van der Waals surface area contributed by atoms with Crippen LogP contribution in [0, 0.1) is 6.92 Å². The molecule has 104 valence electrons. The second kappa shape index (κ2) is 4.62. The molecule has 0 saturated carbocycles. The van der Waals surface area contributed by atoms with Crippen LogP contribution in [0.1, 0.15) is 29.7 Å². The van der Waals surface area contributed by atoms with Gasteiger partial charge in [0.25, 0.3) is 0 Å². The van der Waals surface area contributed by atoms with Crippen molar-refractivity contribution >= 4 is 10.8 Å². The lowest BCUT2D eigenvalue weighted by molar-refractivity contribution is -0.0415. The number of aryl methyl sites for hydroxylation is 1. The van der Waals surface area contributed by atoms with E-state index < -0.39 is 6.10 Å². The lowest BCUT2D eigenvalue weighted by Crippen LogP contribution is -2.28. The quantitative estimate of drug-likeness (QED) is 0.781. The van der Waals surface area contributed by atoms with Gasteiger partial charge in [0, 0.05) is 5.39 Å². The van der Waals surface area contributed by atoms with Gasteiger partial charge in [0.2, 0.25) is 0 Å². The number of aliphatic hydroxyl groups is 1. The summed E-state index contributed by atoms with van der Waals surface area (Å²) in [5.74, 6) is 0.237. The van der Waals surface area contributed by atoms with Crippen molar-refractivity contribution < 1.29 is 14.9 Å². The number of hydrogen-bond donors (Lipinski definition) is 2. The molecule has 0 bridgehead atoms. The molecule has 1 heterocycles. The molecule has 0 unspecified atom stereocenters. The van der Waals surface area contributed by atoms with Gasteiger partial charge in [-0.25, -0.2) is 0 Å². The molecule has 1 aliphatic heterocycles. The third-order valence-electron chi connectivity index (χ3n) is 3.88. The number of fused-ring (bicyclic) bond motifs is 3. The van der Waals surface area contributed by atoms with Gasteiger partial charge in [-0.05, 0) is 47.6 Å². The van der Waals surface area contributed by atoms with Crippen LogP contribution in [-0.4, -0.2) is 16.3 Å². The van der Waals surface area contributed by atoms with Gasteiger partial charge in [-0.1, -0.05) is 24.8 Å². The smallest absolute Gasteiger partial charge is 0.124 e. The van der Waals surface area contributed by atoms with Crippen LogP contribution in [0.4, 0.5) is 0 Å². The van der Waals surface area contributed by atoms with E-state index in [0.29, 0.717) is 6.61 Å². The Kier molecular flexibility index (Phi) is 3.04. The first-order chi connectivity index (χ1) is 9.49. The van der Waals surface area contributed by atoms with Crippen LogP contribution in [0.25, 0.3) is 10.8 Å². The van der Waals surface area contributed by atoms with E-state index in [1.807, 2.05) is 32.0 Å². The topological polar surface area (TPSA) is 49.7 Å². The Labute approximate surface area is 118 Å². The standard InChI is InChI=1S/C17H18O3/c1-9(2)17-16(19)12-5-4-11-6-10(3)7-14(18)15(11)13(12)8-20-17/h4-7,16-19H,1,8H2,2-3H3/t16-,17-/m0/s1. The molecule has 0 aromatic heterocycles. The normalized spacial score (nSPS) is 21.8. The molecule has 3 heteroatoms. The van der Waals surface area contributed by atoms with Crippen LogP contribution in [0.15, 0.2) is 36.4 Å². The molecule has 3 rings (SSSR count). The van der Waals surface area contributed by atoms with E-state index in [-0.39, 0.29) is 11.9 Å². The molecule has 0 saturated heterocycles. The van der Waals surface area contributed by atoms with Gasteiger partial charge in [0.1, 0.15) is 18.0 Å². The predicted molar refractivity (Wildman–Crippen MR) is 78.7 cm³/mol. The van der Waals surface area contributed by atoms with Gasteiger partial charge in [-0.15, -0.1) is 0 Å². The molecule has 3 nitrogen and oxygen atoms in total. The number of phenols is 1. The molecular formula is C17H18O3. The fraction of sp³-hybridized carbons (Fsp3) is 0.294. The fourth-order valence-corrected chi connectivity index (χ4v) is 2.95. The Bertz CT molecular complexity index is 703. The number of phenolic OH excluding ortho intramolecular Hbond substituents is 1. The molecule has 0 aliphatic carbocycles. The molecule has 0 fully saturated rings. The average Bonchev–Trinajstić information content (AvgIpc) is 2.37. The molecule has 2 N–H and O–H groups in total. The Balaban J connectivity index is 2.23. The first-order valence-electron chi connectivity index (χ1n) is 6.69. The summed E-state index contributed by atoms with van der Waals surface area (Å²) in [5, 5.41) is 22.4. The van der Waals surface area contributed by atoms with Gasteiger partial charge >= 0.3 is 0 Å². The molecule has 0 radical (unpaired) electrons. The van der Waals surface area contributed by atoms with E-state index in [9.17, 15) is 10.2 Å². The summed E-state index contributed by atoms with van der Waals surface area (Å²) in [6.07, 6.45) is -1.12. The molecule has 0 amide bonds. The van der Waals surface area contributed by atoms with Crippen molar-refractivity contribution in [3.8, 4) is 5.75 Å². The molecule has 2 aromatic carbocycles. The monoisotopic (exact) mass is 270 g/mol. The zero-order valence-corrected chi connectivity index (χ0v) is 11.7. The SMILES string of the molecule is C=C(C)[C@@H]1OCc2c(ccc3cc(C)cc(O)c23)[C@@H]1O. The summed E-state index contributed by atoms with van der Waals surface area (Å²) in [7, 11) is 0. The first kappa shape index (κ1) is 13.2. The number of hydrogen-bond acceptors (Lipinski definition) is 3. The van der Waals surface area contributed by atoms with E-state index in [0.717, 1.165) is 33.0 Å². The largest absolute Gasteiger partial charge is 0.507 e. The van der Waals surface area contributed by atoms with Gasteiger partial charge in [-0.3, -0.25) is 0 Å². The Hall–Kier alpha value is -1.84. The van der Waals surface area contributed by atoms with Gasteiger partial charge in [-0.2, -0.15) is 0 Å². The summed E-state index contributed by atoms with van der Waals surface area (Å²) < 4.78 is 5.71. The maximum atomic E-state index is 10.4. The van der Waals surface area contributed by atoms with E-state index >= 15 is 0 Å². The minimum absolute atomic E-state index is 0.237. The van der Waals surface area contributed by atoms with Crippen LogP contribution in [-0.2, 0) is 11.3 Å². The van der Waals surface area contributed by atoms with Crippen molar-refractivity contribution in [3.63, 3.8) is 0 Å². The Morgan fingerprint density at radius 2 is 2.10 bits per heavy atom. The third-order valence-corrected chi connectivity index (χ3v) is 3.88. The second-order valence-electron chi connectivity index (χ2n) is 5.54. The molecule has 1 aliphatic rings. The highest BCUT2D eigenvalue weighted by molar-refractivity contribution is 5.92. The zero-order chi connectivity index (χ0) is 14.4. The third kappa shape index (κ3) is 1.90. The van der Waals surface area contributed by atoms with E-state index in [4.69, 9.17) is 4.74 Å². The summed E-state index contributed by atoms with van der Waals surface area (Å²) >= 11 is 0. The maximum absolute atomic E-state index is 10.4. The van der Waals surface area contributed by atoms with Crippen molar-refractivity contribution in [1.29, 1.82) is 0 Å². The van der Waals surface area contributed by atoms with E-state index in [1.54, 1.807) is 6.07 Å². The lowest BCUT2D eigenvalue weighted by atomic mass is 9.89. The van der Waals surface area contributed by atoms with Crippen molar-refractivity contribution in [3.05, 3.63) is 53.1 Å². The first-order valence-corrected chi connectivity index (χ1v) is 6.69. The molecule has 2 atom stereocenters. The second-order valence-corrected chi connectivity index (χ2v) is 5.54. The number of rotatable bonds is 1. The Morgan fingerprint density at radius 1 is 1.35 bits per heavy atom. The highest BCUT2D eigenvalue weighted by Crippen LogP contribution is 2.39. The maximum Gasteiger partial charge on any atom is 0.124 e. The highest BCUT2D eigenvalue weighted by Gasteiger charge is 2.30. The predicted octanol–water partition coefficient (Wildman–Crippen LogP) is 3.36. The van der Waals surface area contributed by atoms with Crippen LogP contribution in [0.2, 0.25) is 0 Å². The number of ether oxygens (including phenoxy) is 1. The summed E-state index contributed by atoms with van der Waals surface area (Å²) in [4.78, 5) is 0. The number of aromatic hydroxyl groups is 1. The Morgan fingerprint density at radius 3 is 2.80 bits per heavy atom.